The van der Waals surface area contributed by atoms with Crippen LogP contribution < -0.4 is 10.2 Å². The van der Waals surface area contributed by atoms with Crippen LogP contribution in [0.3, 0.4) is 0 Å². The highest BCUT2D eigenvalue weighted by Crippen LogP contribution is 2.53. The number of hydrogen-bond donors (Lipinski definition) is 2. The van der Waals surface area contributed by atoms with Crippen molar-refractivity contribution in [2.45, 2.75) is 96.7 Å². The second kappa shape index (κ2) is 13.9. The van der Waals surface area contributed by atoms with Gasteiger partial charge in [-0.2, -0.15) is 0 Å². The molecule has 3 heterocycles. The van der Waals surface area contributed by atoms with E-state index in [9.17, 15) is 19.5 Å². The number of amides is 3. The molecule has 6 unspecified atom stereocenters. The Kier molecular flexibility index (Phi) is 9.56. The maximum atomic E-state index is 13.3. The molecule has 2 bridgehead atoms. The number of anilines is 1. The predicted octanol–water partition coefficient (Wildman–Crippen LogP) is 6.18. The molecule has 7 rings (SSSR count). The van der Waals surface area contributed by atoms with Crippen molar-refractivity contribution >= 4 is 23.6 Å². The summed E-state index contributed by atoms with van der Waals surface area (Å²) in [5.41, 5.74) is 4.52. The highest BCUT2D eigenvalue weighted by molar-refractivity contribution is 6.22. The van der Waals surface area contributed by atoms with E-state index in [-0.39, 0.29) is 31.8 Å². The number of benzene rings is 3. The number of aliphatic hydroxyl groups excluding tert-OH is 1. The zero-order valence-electron chi connectivity index (χ0n) is 29.0. The molecule has 3 aliphatic heterocycles. The number of aliphatic hydroxyl groups is 1. The Balaban J connectivity index is 1.04. The normalized spacial score (nSPS) is 29.3. The number of ether oxygens (including phenoxy) is 3. The summed E-state index contributed by atoms with van der Waals surface area (Å²) >= 11 is 0. The Morgan fingerprint density at radius 3 is 2.36 bits per heavy atom. The average molecular weight is 682 g/mol. The quantitative estimate of drug-likeness (QED) is 0.257. The fourth-order valence-corrected chi connectivity index (χ4v) is 8.79. The van der Waals surface area contributed by atoms with Crippen LogP contribution in [0.5, 0.6) is 0 Å². The molecule has 50 heavy (non-hydrogen) atoms. The average Bonchev–Trinajstić information content (AvgIpc) is 3.51. The Morgan fingerprint density at radius 1 is 0.920 bits per heavy atom. The van der Waals surface area contributed by atoms with Crippen LogP contribution in [0.1, 0.15) is 87.5 Å². The van der Waals surface area contributed by atoms with Crippen molar-refractivity contribution < 1.29 is 33.7 Å². The number of fused-ring (bicyclic) bond motifs is 2. The highest BCUT2D eigenvalue weighted by atomic mass is 16.7. The Morgan fingerprint density at radius 2 is 1.64 bits per heavy atom. The van der Waals surface area contributed by atoms with Crippen molar-refractivity contribution in [3.8, 4) is 0 Å². The Hall–Kier alpha value is -4.09. The molecule has 6 atom stereocenters. The number of nitrogens with zero attached hydrogens (tertiary/aromatic N) is 2. The van der Waals surface area contributed by atoms with Gasteiger partial charge in [-0.15, -0.1) is 0 Å². The minimum atomic E-state index is -1.01. The van der Waals surface area contributed by atoms with Gasteiger partial charge < -0.3 is 24.6 Å². The lowest BCUT2D eigenvalue weighted by Gasteiger charge is -2.41. The molecule has 2 N–H and O–H groups in total. The van der Waals surface area contributed by atoms with Gasteiger partial charge in [-0.1, -0.05) is 87.5 Å². The molecule has 3 aromatic rings. The zero-order chi connectivity index (χ0) is 35.0. The number of rotatable bonds is 9. The zero-order valence-corrected chi connectivity index (χ0v) is 29.0. The summed E-state index contributed by atoms with van der Waals surface area (Å²) in [5.74, 6) is -0.913. The Labute approximate surface area is 293 Å². The minimum absolute atomic E-state index is 0.0187. The molecular weight excluding hydrogens is 634 g/mol. The van der Waals surface area contributed by atoms with Crippen LogP contribution in [0.2, 0.25) is 0 Å². The van der Waals surface area contributed by atoms with Gasteiger partial charge in [-0.05, 0) is 58.9 Å². The number of nitrogens with one attached hydrogen (secondary N) is 1. The van der Waals surface area contributed by atoms with Gasteiger partial charge in [0.05, 0.1) is 30.9 Å². The molecular formula is C40H47N3O7. The van der Waals surface area contributed by atoms with Crippen LogP contribution in [0, 0.1) is 10.8 Å². The lowest BCUT2D eigenvalue weighted by Crippen LogP contribution is -2.42. The van der Waals surface area contributed by atoms with E-state index in [4.69, 9.17) is 14.2 Å². The summed E-state index contributed by atoms with van der Waals surface area (Å²) in [6.45, 7) is 9.12. The molecule has 1 saturated carbocycles. The summed E-state index contributed by atoms with van der Waals surface area (Å²) in [6, 6.07) is 23.7. The molecule has 3 saturated heterocycles. The van der Waals surface area contributed by atoms with Gasteiger partial charge in [0.2, 0.25) is 5.91 Å². The van der Waals surface area contributed by atoms with Crippen molar-refractivity contribution in [2.75, 3.05) is 18.0 Å². The molecule has 3 aromatic carbocycles. The number of hydrogen-bond acceptors (Lipinski definition) is 8. The number of alkyl carbamates (subject to hydrolysis) is 1. The van der Waals surface area contributed by atoms with Crippen molar-refractivity contribution in [3.05, 3.63) is 101 Å². The van der Waals surface area contributed by atoms with Gasteiger partial charge in [0.25, 0.3) is 5.91 Å². The van der Waals surface area contributed by atoms with E-state index >= 15 is 0 Å². The molecule has 4 aliphatic rings. The van der Waals surface area contributed by atoms with Gasteiger partial charge in [0.15, 0.2) is 6.29 Å². The molecule has 0 spiro atoms. The van der Waals surface area contributed by atoms with Gasteiger partial charge in [-0.3, -0.25) is 14.5 Å². The van der Waals surface area contributed by atoms with Crippen LogP contribution in [-0.4, -0.2) is 59.2 Å². The number of imide groups is 1. The smallest absolute Gasteiger partial charge is 0.408 e. The van der Waals surface area contributed by atoms with E-state index in [1.165, 1.54) is 19.3 Å². The van der Waals surface area contributed by atoms with Crippen molar-refractivity contribution in [3.63, 3.8) is 0 Å². The second-order valence-electron chi connectivity index (χ2n) is 15.6. The fourth-order valence-electron chi connectivity index (χ4n) is 8.79. The van der Waals surface area contributed by atoms with Crippen molar-refractivity contribution in [1.29, 1.82) is 0 Å². The van der Waals surface area contributed by atoms with E-state index in [1.807, 2.05) is 66.7 Å². The van der Waals surface area contributed by atoms with Crippen LogP contribution in [-0.2, 0) is 37.0 Å². The summed E-state index contributed by atoms with van der Waals surface area (Å²) in [5, 5.41) is 12.1. The molecule has 4 fully saturated rings. The van der Waals surface area contributed by atoms with Crippen LogP contribution in [0.15, 0.2) is 78.9 Å². The summed E-state index contributed by atoms with van der Waals surface area (Å²) in [6.07, 6.45) is 2.49. The second-order valence-corrected chi connectivity index (χ2v) is 15.6. The number of carbonyl (C=O) groups is 3. The van der Waals surface area contributed by atoms with Gasteiger partial charge >= 0.3 is 6.09 Å². The standard InChI is InChI=1S/C40H47N3O7/c1-39(2)19-31-20-40(3,24-39)25-42(31)21-32-17-34(28-11-9-26(22-44)10-12-28)50-37(49-32)29-13-15-30(16-14-29)43-35(45)18-33(36(43)46)41-38(47)48-23-27-7-5-4-6-8-27/h4-16,31-34,37,44H,17-25H2,1-3H3,(H,41,47). The first kappa shape index (κ1) is 34.4. The lowest BCUT2D eigenvalue weighted by atomic mass is 9.65. The highest BCUT2D eigenvalue weighted by Gasteiger charge is 2.50. The summed E-state index contributed by atoms with van der Waals surface area (Å²) < 4.78 is 18.5. The van der Waals surface area contributed by atoms with E-state index in [0.29, 0.717) is 29.0 Å². The van der Waals surface area contributed by atoms with E-state index < -0.39 is 30.2 Å². The maximum Gasteiger partial charge on any atom is 0.408 e. The lowest BCUT2D eigenvalue weighted by molar-refractivity contribution is -0.253. The number of likely N-dealkylation sites (tertiary alicyclic amines) is 1. The summed E-state index contributed by atoms with van der Waals surface area (Å²) in [7, 11) is 0. The third-order valence-electron chi connectivity index (χ3n) is 10.7. The van der Waals surface area contributed by atoms with Gasteiger partial charge in [-0.25, -0.2) is 9.69 Å². The largest absolute Gasteiger partial charge is 0.445 e. The van der Waals surface area contributed by atoms with E-state index in [1.54, 1.807) is 12.1 Å². The molecule has 264 valence electrons. The maximum absolute atomic E-state index is 13.3. The third-order valence-corrected chi connectivity index (χ3v) is 10.7. The molecule has 0 radical (unpaired) electrons. The SMILES string of the molecule is CC1(C)CC2CC(C)(CN2CC2CC(c3ccc(CO)cc3)OC(c3ccc(N4C(=O)CC(NC(=O)OCc5ccccc5)C4=O)cc3)O2)C1. The Bertz CT molecular complexity index is 1700. The van der Waals surface area contributed by atoms with Crippen molar-refractivity contribution in [2.24, 2.45) is 10.8 Å². The molecule has 0 aromatic heterocycles. The molecule has 3 amide bonds. The summed E-state index contributed by atoms with van der Waals surface area (Å²) in [4.78, 5) is 42.4. The van der Waals surface area contributed by atoms with Gasteiger partial charge in [0.1, 0.15) is 12.6 Å². The molecule has 10 heteroatoms. The topological polar surface area (TPSA) is 118 Å². The first-order valence-corrected chi connectivity index (χ1v) is 17.7. The predicted molar refractivity (Wildman–Crippen MR) is 187 cm³/mol. The van der Waals surface area contributed by atoms with Crippen LogP contribution in [0.25, 0.3) is 0 Å². The minimum Gasteiger partial charge on any atom is -0.445 e. The number of carbonyl (C=O) groups excluding carboxylic acids is 3. The van der Waals surface area contributed by atoms with Gasteiger partial charge in [0, 0.05) is 31.1 Å². The van der Waals surface area contributed by atoms with E-state index in [0.717, 1.165) is 40.2 Å². The first-order valence-electron chi connectivity index (χ1n) is 17.7. The first-order chi connectivity index (χ1) is 24.0. The van der Waals surface area contributed by atoms with Crippen LogP contribution in [0.4, 0.5) is 10.5 Å². The monoisotopic (exact) mass is 681 g/mol. The molecule has 1 aliphatic carbocycles. The molecule has 10 nitrogen and oxygen atoms in total. The fraction of sp³-hybridized carbons (Fsp3) is 0.475. The third kappa shape index (κ3) is 7.49. The van der Waals surface area contributed by atoms with Crippen LogP contribution >= 0.6 is 0 Å². The van der Waals surface area contributed by atoms with E-state index in [2.05, 4.69) is 31.0 Å². The van der Waals surface area contributed by atoms with Crippen molar-refractivity contribution in [1.82, 2.24) is 10.2 Å².